The summed E-state index contributed by atoms with van der Waals surface area (Å²) in [5, 5.41) is 3.37. The lowest BCUT2D eigenvalue weighted by Gasteiger charge is -1.98. The molecule has 3 nitrogen and oxygen atoms in total. The minimum absolute atomic E-state index is 0.252. The second-order valence-corrected chi connectivity index (χ2v) is 3.33. The number of hydrogen-bond acceptors (Lipinski definition) is 2. The molecule has 80 valence electrons. The van der Waals surface area contributed by atoms with E-state index in [0.29, 0.717) is 5.56 Å². The molecular formula is C9H8F3N3. The molecule has 2 aromatic heterocycles. The highest BCUT2D eigenvalue weighted by molar-refractivity contribution is 5.50. The van der Waals surface area contributed by atoms with Gasteiger partial charge in [-0.15, -0.1) is 5.10 Å². The fraction of sp³-hybridized carbons (Fsp3) is 0.333. The maximum atomic E-state index is 12.3. The number of nitrogens with zero attached hydrogens (tertiary/aromatic N) is 3. The summed E-state index contributed by atoms with van der Waals surface area (Å²) in [6, 6.07) is 1.71. The third-order valence-corrected chi connectivity index (χ3v) is 2.28. The summed E-state index contributed by atoms with van der Waals surface area (Å²) in [6.07, 6.45) is -3.02. The van der Waals surface area contributed by atoms with Gasteiger partial charge in [-0.2, -0.15) is 13.2 Å². The molecule has 0 bridgehead atoms. The van der Waals surface area contributed by atoms with Gasteiger partial charge in [0.05, 0.1) is 0 Å². The number of aromatic nitrogens is 3. The van der Waals surface area contributed by atoms with Gasteiger partial charge in [-0.05, 0) is 31.0 Å². The Balaban J connectivity index is 2.72. The van der Waals surface area contributed by atoms with Crippen molar-refractivity contribution in [1.29, 1.82) is 0 Å². The highest BCUT2D eigenvalue weighted by Gasteiger charge is 2.36. The van der Waals surface area contributed by atoms with E-state index in [9.17, 15) is 13.2 Å². The molecule has 0 aromatic carbocycles. The second-order valence-electron chi connectivity index (χ2n) is 3.33. The summed E-state index contributed by atoms with van der Waals surface area (Å²) < 4.78 is 38.1. The highest BCUT2D eigenvalue weighted by Crippen LogP contribution is 2.27. The van der Waals surface area contributed by atoms with Crippen LogP contribution in [-0.2, 0) is 6.18 Å². The number of fused-ring (bicyclic) bond motifs is 1. The van der Waals surface area contributed by atoms with E-state index in [1.54, 1.807) is 13.0 Å². The Kier molecular flexibility index (Phi) is 1.95. The third-order valence-electron chi connectivity index (χ3n) is 2.28. The summed E-state index contributed by atoms with van der Waals surface area (Å²) >= 11 is 0. The second kappa shape index (κ2) is 2.95. The zero-order valence-corrected chi connectivity index (χ0v) is 8.13. The van der Waals surface area contributed by atoms with Crippen molar-refractivity contribution >= 4 is 5.65 Å². The molecule has 0 aliphatic rings. The van der Waals surface area contributed by atoms with Crippen LogP contribution in [0.15, 0.2) is 12.3 Å². The molecule has 0 fully saturated rings. The van der Waals surface area contributed by atoms with Crippen LogP contribution < -0.4 is 0 Å². The first kappa shape index (κ1) is 9.95. The van der Waals surface area contributed by atoms with Gasteiger partial charge in [0, 0.05) is 6.20 Å². The van der Waals surface area contributed by atoms with Crippen molar-refractivity contribution in [2.45, 2.75) is 20.0 Å². The molecule has 0 aliphatic heterocycles. The Morgan fingerprint density at radius 1 is 1.27 bits per heavy atom. The number of halogens is 3. The Hall–Kier alpha value is -1.59. The number of aryl methyl sites for hydroxylation is 2. The van der Waals surface area contributed by atoms with E-state index in [-0.39, 0.29) is 5.65 Å². The van der Waals surface area contributed by atoms with Crippen molar-refractivity contribution in [3.63, 3.8) is 0 Å². The maximum absolute atomic E-state index is 12.3. The molecule has 0 aliphatic carbocycles. The monoisotopic (exact) mass is 215 g/mol. The molecule has 0 saturated carbocycles. The largest absolute Gasteiger partial charge is 0.453 e. The summed E-state index contributed by atoms with van der Waals surface area (Å²) in [4.78, 5) is 3.47. The van der Waals surface area contributed by atoms with E-state index in [0.717, 1.165) is 10.1 Å². The molecule has 0 spiro atoms. The molecule has 0 radical (unpaired) electrons. The van der Waals surface area contributed by atoms with Gasteiger partial charge in [0.15, 0.2) is 5.65 Å². The van der Waals surface area contributed by atoms with E-state index < -0.39 is 12.0 Å². The smallest absolute Gasteiger partial charge is 0.220 e. The van der Waals surface area contributed by atoms with Gasteiger partial charge in [-0.3, -0.25) is 0 Å². The van der Waals surface area contributed by atoms with Gasteiger partial charge >= 0.3 is 6.18 Å². The van der Waals surface area contributed by atoms with E-state index >= 15 is 0 Å². The first-order valence-corrected chi connectivity index (χ1v) is 4.29. The predicted octanol–water partition coefficient (Wildman–Crippen LogP) is 2.36. The van der Waals surface area contributed by atoms with E-state index in [1.165, 1.54) is 6.20 Å². The fourth-order valence-electron chi connectivity index (χ4n) is 1.29. The zero-order valence-electron chi connectivity index (χ0n) is 8.13. The van der Waals surface area contributed by atoms with Gasteiger partial charge in [0.25, 0.3) is 5.82 Å². The maximum Gasteiger partial charge on any atom is 0.453 e. The molecule has 6 heteroatoms. The van der Waals surface area contributed by atoms with Crippen molar-refractivity contribution in [3.8, 4) is 0 Å². The van der Waals surface area contributed by atoms with E-state index in [2.05, 4.69) is 10.1 Å². The Morgan fingerprint density at radius 3 is 2.53 bits per heavy atom. The van der Waals surface area contributed by atoms with Gasteiger partial charge in [0.2, 0.25) is 0 Å². The third kappa shape index (κ3) is 1.55. The van der Waals surface area contributed by atoms with Gasteiger partial charge in [-0.25, -0.2) is 9.50 Å². The number of pyridine rings is 1. The van der Waals surface area contributed by atoms with E-state index in [1.807, 2.05) is 6.92 Å². The Labute approximate surface area is 83.5 Å². The van der Waals surface area contributed by atoms with Crippen molar-refractivity contribution < 1.29 is 13.2 Å². The number of hydrogen-bond donors (Lipinski definition) is 0. The van der Waals surface area contributed by atoms with Crippen LogP contribution in [0.1, 0.15) is 17.0 Å². The molecule has 2 heterocycles. The van der Waals surface area contributed by atoms with Gasteiger partial charge in [-0.1, -0.05) is 0 Å². The van der Waals surface area contributed by atoms with Crippen LogP contribution in [0.2, 0.25) is 0 Å². The molecule has 0 unspecified atom stereocenters. The van der Waals surface area contributed by atoms with Crippen molar-refractivity contribution in [1.82, 2.24) is 14.6 Å². The Morgan fingerprint density at radius 2 is 1.93 bits per heavy atom. The average Bonchev–Trinajstić information content (AvgIpc) is 2.55. The summed E-state index contributed by atoms with van der Waals surface area (Å²) in [5.74, 6) is -1.10. The number of rotatable bonds is 0. The average molecular weight is 215 g/mol. The van der Waals surface area contributed by atoms with Crippen molar-refractivity contribution in [2.24, 2.45) is 0 Å². The van der Waals surface area contributed by atoms with Crippen LogP contribution in [0.25, 0.3) is 5.65 Å². The van der Waals surface area contributed by atoms with Crippen molar-refractivity contribution in [3.05, 3.63) is 29.2 Å². The molecule has 0 amide bonds. The fourth-order valence-corrected chi connectivity index (χ4v) is 1.29. The summed E-state index contributed by atoms with van der Waals surface area (Å²) in [7, 11) is 0. The quantitative estimate of drug-likeness (QED) is 0.675. The zero-order chi connectivity index (χ0) is 11.2. The standard InChI is InChI=1S/C9H8F3N3/c1-5-3-4-15-7(6(5)2)13-8(14-15)9(10,11)12/h3-4H,1-2H3. The molecule has 2 rings (SSSR count). The minimum atomic E-state index is -4.49. The van der Waals surface area contributed by atoms with Crippen LogP contribution in [0, 0.1) is 13.8 Å². The Bertz CT molecular complexity index is 513. The normalized spacial score (nSPS) is 12.3. The van der Waals surface area contributed by atoms with E-state index in [4.69, 9.17) is 0 Å². The minimum Gasteiger partial charge on any atom is -0.220 e. The predicted molar refractivity (Wildman–Crippen MR) is 47.5 cm³/mol. The first-order valence-electron chi connectivity index (χ1n) is 4.29. The topological polar surface area (TPSA) is 30.2 Å². The van der Waals surface area contributed by atoms with Gasteiger partial charge < -0.3 is 0 Å². The lowest BCUT2D eigenvalue weighted by Crippen LogP contribution is -2.07. The molecule has 2 aromatic rings. The molecular weight excluding hydrogens is 207 g/mol. The SMILES string of the molecule is Cc1ccn2nc(C(F)(F)F)nc2c1C. The van der Waals surface area contributed by atoms with Crippen LogP contribution in [0.3, 0.4) is 0 Å². The first-order chi connectivity index (χ1) is 6.89. The molecule has 0 atom stereocenters. The van der Waals surface area contributed by atoms with Gasteiger partial charge in [0.1, 0.15) is 0 Å². The molecule has 0 saturated heterocycles. The lowest BCUT2D eigenvalue weighted by molar-refractivity contribution is -0.144. The number of alkyl halides is 3. The van der Waals surface area contributed by atoms with Crippen LogP contribution in [-0.4, -0.2) is 14.6 Å². The van der Waals surface area contributed by atoms with Crippen molar-refractivity contribution in [2.75, 3.05) is 0 Å². The summed E-state index contributed by atoms with van der Waals surface area (Å²) in [6.45, 7) is 3.54. The molecule has 0 N–H and O–H groups in total. The summed E-state index contributed by atoms with van der Waals surface area (Å²) in [5.41, 5.74) is 1.85. The van der Waals surface area contributed by atoms with Crippen LogP contribution in [0.4, 0.5) is 13.2 Å². The highest BCUT2D eigenvalue weighted by atomic mass is 19.4. The lowest BCUT2D eigenvalue weighted by atomic mass is 10.2. The van der Waals surface area contributed by atoms with Crippen LogP contribution >= 0.6 is 0 Å². The molecule has 15 heavy (non-hydrogen) atoms. The van der Waals surface area contributed by atoms with Crippen LogP contribution in [0.5, 0.6) is 0 Å².